The topological polar surface area (TPSA) is 32.3 Å². The van der Waals surface area contributed by atoms with Gasteiger partial charge in [-0.2, -0.15) is 0 Å². The maximum Gasteiger partial charge on any atom is 0.0741 e. The predicted molar refractivity (Wildman–Crippen MR) is 67.8 cm³/mol. The molecule has 0 aromatic heterocycles. The molecular formula is C14H21NO. The van der Waals surface area contributed by atoms with Crippen molar-refractivity contribution in [2.24, 2.45) is 0 Å². The van der Waals surface area contributed by atoms with Gasteiger partial charge in [-0.1, -0.05) is 25.0 Å². The van der Waals surface area contributed by atoms with Crippen molar-refractivity contribution in [3.8, 4) is 0 Å². The molecule has 2 heteroatoms. The van der Waals surface area contributed by atoms with Gasteiger partial charge < -0.3 is 10.4 Å². The number of rotatable bonds is 2. The highest BCUT2D eigenvalue weighted by Crippen LogP contribution is 2.25. The Morgan fingerprint density at radius 1 is 1.19 bits per heavy atom. The first-order valence-electron chi connectivity index (χ1n) is 6.19. The minimum Gasteiger partial charge on any atom is -0.391 e. The van der Waals surface area contributed by atoms with Crippen LogP contribution < -0.4 is 5.32 Å². The number of benzene rings is 1. The van der Waals surface area contributed by atoms with Crippen molar-refractivity contribution in [1.82, 2.24) is 0 Å². The molecule has 0 radical (unpaired) electrons. The van der Waals surface area contributed by atoms with Crippen LogP contribution in [0.3, 0.4) is 0 Å². The van der Waals surface area contributed by atoms with Gasteiger partial charge in [0.25, 0.3) is 0 Å². The highest BCUT2D eigenvalue weighted by molar-refractivity contribution is 5.54. The number of aliphatic hydroxyl groups is 1. The fourth-order valence-corrected chi connectivity index (χ4v) is 2.39. The molecule has 0 amide bonds. The van der Waals surface area contributed by atoms with E-state index in [1.165, 1.54) is 23.2 Å². The van der Waals surface area contributed by atoms with Crippen LogP contribution >= 0.6 is 0 Å². The molecule has 2 rings (SSSR count). The number of aryl methyl sites for hydroxylation is 1. The molecule has 0 heterocycles. The number of anilines is 1. The quantitative estimate of drug-likeness (QED) is 0.801. The first-order valence-corrected chi connectivity index (χ1v) is 6.19. The predicted octanol–water partition coefficient (Wildman–Crippen LogP) is 3.02. The van der Waals surface area contributed by atoms with Crippen LogP contribution in [0.5, 0.6) is 0 Å². The molecule has 0 aliphatic heterocycles. The smallest absolute Gasteiger partial charge is 0.0741 e. The van der Waals surface area contributed by atoms with E-state index in [0.29, 0.717) is 0 Å². The molecule has 1 aromatic rings. The zero-order valence-electron chi connectivity index (χ0n) is 10.2. The number of hydrogen-bond acceptors (Lipinski definition) is 2. The van der Waals surface area contributed by atoms with E-state index < -0.39 is 0 Å². The summed E-state index contributed by atoms with van der Waals surface area (Å²) in [4.78, 5) is 0. The summed E-state index contributed by atoms with van der Waals surface area (Å²) in [5.74, 6) is 0. The van der Waals surface area contributed by atoms with Gasteiger partial charge in [-0.25, -0.2) is 0 Å². The Bertz CT molecular complexity index is 362. The van der Waals surface area contributed by atoms with Crippen molar-refractivity contribution in [3.05, 3.63) is 29.3 Å². The van der Waals surface area contributed by atoms with Crippen LogP contribution in [0.15, 0.2) is 18.2 Å². The number of nitrogens with one attached hydrogen (secondary N) is 1. The summed E-state index contributed by atoms with van der Waals surface area (Å²) in [5, 5.41) is 13.4. The first-order chi connectivity index (χ1) is 7.68. The first kappa shape index (κ1) is 11.5. The van der Waals surface area contributed by atoms with Crippen molar-refractivity contribution >= 4 is 5.69 Å². The van der Waals surface area contributed by atoms with Gasteiger partial charge in [0.05, 0.1) is 12.1 Å². The summed E-state index contributed by atoms with van der Waals surface area (Å²) in [7, 11) is 0. The third kappa shape index (κ3) is 2.38. The van der Waals surface area contributed by atoms with Crippen molar-refractivity contribution in [2.75, 3.05) is 5.32 Å². The summed E-state index contributed by atoms with van der Waals surface area (Å²) in [6.45, 7) is 4.25. The van der Waals surface area contributed by atoms with Crippen LogP contribution in [0, 0.1) is 13.8 Å². The SMILES string of the molecule is Cc1cccc(N[C@H]2CCCC[C@@H]2O)c1C. The van der Waals surface area contributed by atoms with E-state index in [1.807, 2.05) is 0 Å². The van der Waals surface area contributed by atoms with Crippen LogP contribution in [-0.2, 0) is 0 Å². The Morgan fingerprint density at radius 3 is 2.69 bits per heavy atom. The molecule has 88 valence electrons. The van der Waals surface area contributed by atoms with Crippen LogP contribution in [0.4, 0.5) is 5.69 Å². The van der Waals surface area contributed by atoms with Crippen LogP contribution in [0.2, 0.25) is 0 Å². The summed E-state index contributed by atoms with van der Waals surface area (Å²) in [6, 6.07) is 6.52. The van der Waals surface area contributed by atoms with E-state index in [1.54, 1.807) is 0 Å². The lowest BCUT2D eigenvalue weighted by Gasteiger charge is -2.30. The lowest BCUT2D eigenvalue weighted by atomic mass is 9.92. The van der Waals surface area contributed by atoms with E-state index in [0.717, 1.165) is 19.3 Å². The van der Waals surface area contributed by atoms with Gasteiger partial charge in [-0.3, -0.25) is 0 Å². The largest absolute Gasteiger partial charge is 0.391 e. The van der Waals surface area contributed by atoms with E-state index in [-0.39, 0.29) is 12.1 Å². The third-order valence-corrected chi connectivity index (χ3v) is 3.68. The van der Waals surface area contributed by atoms with Gasteiger partial charge in [-0.05, 0) is 43.9 Å². The normalized spacial score (nSPS) is 25.4. The van der Waals surface area contributed by atoms with E-state index in [4.69, 9.17) is 0 Å². The molecule has 16 heavy (non-hydrogen) atoms. The molecule has 1 fully saturated rings. The maximum atomic E-state index is 9.93. The Hall–Kier alpha value is -1.02. The number of aliphatic hydroxyl groups excluding tert-OH is 1. The van der Waals surface area contributed by atoms with Gasteiger partial charge in [0.2, 0.25) is 0 Å². The minimum absolute atomic E-state index is 0.186. The Labute approximate surface area is 97.7 Å². The molecular weight excluding hydrogens is 198 g/mol. The maximum absolute atomic E-state index is 9.93. The molecule has 1 saturated carbocycles. The van der Waals surface area contributed by atoms with Crippen LogP contribution in [0.25, 0.3) is 0 Å². The third-order valence-electron chi connectivity index (χ3n) is 3.68. The summed E-state index contributed by atoms with van der Waals surface area (Å²) in [5.41, 5.74) is 3.77. The van der Waals surface area contributed by atoms with Gasteiger partial charge in [-0.15, -0.1) is 0 Å². The minimum atomic E-state index is -0.186. The zero-order chi connectivity index (χ0) is 11.5. The average Bonchev–Trinajstić information content (AvgIpc) is 2.28. The number of hydrogen-bond donors (Lipinski definition) is 2. The van der Waals surface area contributed by atoms with Gasteiger partial charge in [0.1, 0.15) is 0 Å². The van der Waals surface area contributed by atoms with E-state index in [2.05, 4.69) is 37.4 Å². The van der Waals surface area contributed by atoms with Crippen molar-refractivity contribution in [2.45, 2.75) is 51.7 Å². The van der Waals surface area contributed by atoms with Gasteiger partial charge in [0, 0.05) is 5.69 Å². The lowest BCUT2D eigenvalue weighted by molar-refractivity contribution is 0.116. The summed E-state index contributed by atoms with van der Waals surface area (Å²) < 4.78 is 0. The molecule has 1 aliphatic carbocycles. The van der Waals surface area contributed by atoms with Crippen molar-refractivity contribution in [1.29, 1.82) is 0 Å². The fourth-order valence-electron chi connectivity index (χ4n) is 2.39. The van der Waals surface area contributed by atoms with Gasteiger partial charge >= 0.3 is 0 Å². The molecule has 0 unspecified atom stereocenters. The molecule has 1 aliphatic rings. The highest BCUT2D eigenvalue weighted by Gasteiger charge is 2.22. The lowest BCUT2D eigenvalue weighted by Crippen LogP contribution is -2.36. The highest BCUT2D eigenvalue weighted by atomic mass is 16.3. The Balaban J connectivity index is 2.10. The average molecular weight is 219 g/mol. The fraction of sp³-hybridized carbons (Fsp3) is 0.571. The second-order valence-electron chi connectivity index (χ2n) is 4.85. The van der Waals surface area contributed by atoms with E-state index in [9.17, 15) is 5.11 Å². The molecule has 2 atom stereocenters. The summed E-state index contributed by atoms with van der Waals surface area (Å²) in [6.07, 6.45) is 4.21. The second-order valence-corrected chi connectivity index (χ2v) is 4.85. The van der Waals surface area contributed by atoms with Crippen LogP contribution in [0.1, 0.15) is 36.8 Å². The van der Waals surface area contributed by atoms with Crippen LogP contribution in [-0.4, -0.2) is 17.3 Å². The van der Waals surface area contributed by atoms with Crippen molar-refractivity contribution < 1.29 is 5.11 Å². The second kappa shape index (κ2) is 4.88. The standard InChI is InChI=1S/C14H21NO/c1-10-6-5-8-12(11(10)2)15-13-7-3-4-9-14(13)16/h5-6,8,13-16H,3-4,7,9H2,1-2H3/t13-,14-/m0/s1. The molecule has 0 spiro atoms. The van der Waals surface area contributed by atoms with E-state index >= 15 is 0 Å². The molecule has 2 N–H and O–H groups in total. The molecule has 0 bridgehead atoms. The Morgan fingerprint density at radius 2 is 1.94 bits per heavy atom. The summed E-state index contributed by atoms with van der Waals surface area (Å²) >= 11 is 0. The van der Waals surface area contributed by atoms with Gasteiger partial charge in [0.15, 0.2) is 0 Å². The monoisotopic (exact) mass is 219 g/mol. The van der Waals surface area contributed by atoms with Crippen molar-refractivity contribution in [3.63, 3.8) is 0 Å². The zero-order valence-corrected chi connectivity index (χ0v) is 10.2. The molecule has 2 nitrogen and oxygen atoms in total. The Kier molecular flexibility index (Phi) is 3.49. The molecule has 1 aromatic carbocycles. The molecule has 0 saturated heterocycles.